The number of hydrogen-bond acceptors (Lipinski definition) is 4. The average molecular weight is 383 g/mol. The van der Waals surface area contributed by atoms with E-state index in [2.05, 4.69) is 21.9 Å². The van der Waals surface area contributed by atoms with E-state index in [0.717, 1.165) is 35.0 Å². The van der Waals surface area contributed by atoms with E-state index in [9.17, 15) is 10.1 Å². The number of halogens is 1. The van der Waals surface area contributed by atoms with Gasteiger partial charge in [-0.25, -0.2) is 10.1 Å². The van der Waals surface area contributed by atoms with Crippen molar-refractivity contribution in [3.8, 4) is 5.97 Å². The predicted molar refractivity (Wildman–Crippen MR) is 97.8 cm³/mol. The van der Waals surface area contributed by atoms with Crippen LogP contribution in [-0.2, 0) is 11.3 Å². The van der Waals surface area contributed by atoms with Crippen molar-refractivity contribution >= 4 is 34.4 Å². The van der Waals surface area contributed by atoms with Crippen LogP contribution in [0, 0.1) is 11.2 Å². The fraction of sp³-hybridized carbons (Fsp3) is 0.222. The number of carbonyl (C=O) groups is 1. The summed E-state index contributed by atoms with van der Waals surface area (Å²) in [5.41, 5.74) is 2.31. The van der Waals surface area contributed by atoms with Gasteiger partial charge in [0.1, 0.15) is 6.61 Å². The summed E-state index contributed by atoms with van der Waals surface area (Å²) in [6.07, 6.45) is 1.83. The summed E-state index contributed by atoms with van der Waals surface area (Å²) in [6, 6.07) is 15.0. The fourth-order valence-electron chi connectivity index (χ4n) is 2.86. The van der Waals surface area contributed by atoms with Crippen LogP contribution in [-0.4, -0.2) is 19.4 Å². The van der Waals surface area contributed by atoms with Gasteiger partial charge in [0.05, 0.1) is 5.56 Å². The minimum absolute atomic E-state index is 0.142. The molecule has 1 fully saturated rings. The van der Waals surface area contributed by atoms with Gasteiger partial charge in [-0.2, -0.15) is 0 Å². The summed E-state index contributed by atoms with van der Waals surface area (Å²) in [5, 5.41) is 9.28. The Balaban J connectivity index is 1.75. The SMILES string of the molecule is N#CB1CCCN1c1cc(C(=O)OCc2ccccc2)ccc1Br. The van der Waals surface area contributed by atoms with Crippen LogP contribution in [0.4, 0.5) is 5.69 Å². The number of benzene rings is 2. The Labute approximate surface area is 150 Å². The number of rotatable bonds is 4. The number of carbonyl (C=O) groups excluding carboxylic acids is 1. The largest absolute Gasteiger partial charge is 0.457 e. The Kier molecular flexibility index (Phi) is 5.22. The summed E-state index contributed by atoms with van der Waals surface area (Å²) in [6.45, 7) is 0.923. The van der Waals surface area contributed by atoms with Gasteiger partial charge in [-0.15, -0.1) is 0 Å². The average Bonchev–Trinajstić information content (AvgIpc) is 3.09. The first-order chi connectivity index (χ1) is 11.7. The van der Waals surface area contributed by atoms with E-state index in [1.54, 1.807) is 12.1 Å². The summed E-state index contributed by atoms with van der Waals surface area (Å²) in [5.74, 6) is 1.96. The Morgan fingerprint density at radius 1 is 1.29 bits per heavy atom. The van der Waals surface area contributed by atoms with Crippen LogP contribution in [0.15, 0.2) is 53.0 Å². The highest BCUT2D eigenvalue weighted by Gasteiger charge is 2.31. The molecule has 6 heteroatoms. The molecule has 2 aromatic rings. The molecule has 1 aliphatic heterocycles. The lowest BCUT2D eigenvalue weighted by atomic mass is 9.61. The van der Waals surface area contributed by atoms with Gasteiger partial charge >= 0.3 is 12.8 Å². The molecule has 0 bridgehead atoms. The van der Waals surface area contributed by atoms with E-state index in [1.807, 2.05) is 41.2 Å². The number of esters is 1. The minimum Gasteiger partial charge on any atom is -0.457 e. The molecule has 0 aromatic heterocycles. The quantitative estimate of drug-likeness (QED) is 0.590. The molecule has 120 valence electrons. The number of anilines is 1. The lowest BCUT2D eigenvalue weighted by Gasteiger charge is -2.22. The van der Waals surface area contributed by atoms with Crippen LogP contribution in [0.3, 0.4) is 0 Å². The van der Waals surface area contributed by atoms with Gasteiger partial charge in [0.2, 0.25) is 0 Å². The van der Waals surface area contributed by atoms with E-state index in [0.29, 0.717) is 5.56 Å². The minimum atomic E-state index is -0.361. The zero-order valence-corrected chi connectivity index (χ0v) is 14.7. The van der Waals surface area contributed by atoms with Gasteiger partial charge in [0.15, 0.2) is 0 Å². The normalized spacial score (nSPS) is 13.7. The number of ether oxygens (including phenoxy) is 1. The molecule has 1 aliphatic rings. The molecule has 0 amide bonds. The van der Waals surface area contributed by atoms with Crippen molar-refractivity contribution in [2.75, 3.05) is 11.4 Å². The third-order valence-corrected chi connectivity index (χ3v) is 4.78. The third-order valence-electron chi connectivity index (χ3n) is 4.11. The highest BCUT2D eigenvalue weighted by molar-refractivity contribution is 9.10. The molecule has 1 saturated heterocycles. The van der Waals surface area contributed by atoms with Crippen molar-refractivity contribution in [1.29, 1.82) is 5.26 Å². The first-order valence-corrected chi connectivity index (χ1v) is 8.65. The summed E-state index contributed by atoms with van der Waals surface area (Å²) in [4.78, 5) is 14.4. The Hall–Kier alpha value is -2.26. The molecule has 4 nitrogen and oxygen atoms in total. The van der Waals surface area contributed by atoms with Crippen molar-refractivity contribution in [2.45, 2.75) is 19.3 Å². The van der Waals surface area contributed by atoms with Crippen molar-refractivity contribution in [1.82, 2.24) is 0 Å². The van der Waals surface area contributed by atoms with E-state index in [-0.39, 0.29) is 19.4 Å². The number of nitriles is 1. The maximum absolute atomic E-state index is 12.3. The molecular formula is C18H16BBrN2O2. The molecular weight excluding hydrogens is 367 g/mol. The molecule has 1 heterocycles. The van der Waals surface area contributed by atoms with Gasteiger partial charge in [-0.1, -0.05) is 30.3 Å². The molecule has 3 rings (SSSR count). The van der Waals surface area contributed by atoms with Gasteiger partial charge in [0, 0.05) is 22.7 Å². The molecule has 2 aromatic carbocycles. The highest BCUT2D eigenvalue weighted by atomic mass is 79.9. The Morgan fingerprint density at radius 3 is 2.83 bits per heavy atom. The first kappa shape index (κ1) is 16.6. The maximum Gasteiger partial charge on any atom is 0.378 e. The zero-order chi connectivity index (χ0) is 16.9. The second kappa shape index (κ2) is 7.54. The molecule has 0 radical (unpaired) electrons. The van der Waals surface area contributed by atoms with Crippen molar-refractivity contribution < 1.29 is 9.53 Å². The Bertz CT molecular complexity index is 776. The van der Waals surface area contributed by atoms with Crippen LogP contribution < -0.4 is 4.81 Å². The van der Waals surface area contributed by atoms with E-state index >= 15 is 0 Å². The second-order valence-corrected chi connectivity index (χ2v) is 6.56. The Morgan fingerprint density at radius 2 is 2.08 bits per heavy atom. The zero-order valence-electron chi connectivity index (χ0n) is 13.1. The molecule has 0 N–H and O–H groups in total. The third kappa shape index (κ3) is 3.63. The van der Waals surface area contributed by atoms with Crippen molar-refractivity contribution in [3.05, 3.63) is 64.1 Å². The number of nitrogens with zero attached hydrogens (tertiary/aromatic N) is 2. The van der Waals surface area contributed by atoms with Gasteiger partial charge in [-0.05, 0) is 52.4 Å². The summed E-state index contributed by atoms with van der Waals surface area (Å²) in [7, 11) is 0. The molecule has 0 spiro atoms. The van der Waals surface area contributed by atoms with Crippen LogP contribution >= 0.6 is 15.9 Å². The van der Waals surface area contributed by atoms with Crippen LogP contribution in [0.5, 0.6) is 0 Å². The van der Waals surface area contributed by atoms with Crippen LogP contribution in [0.2, 0.25) is 6.32 Å². The maximum atomic E-state index is 12.3. The molecule has 0 unspecified atom stereocenters. The van der Waals surface area contributed by atoms with Gasteiger partial charge in [-0.3, -0.25) is 0 Å². The van der Waals surface area contributed by atoms with E-state index < -0.39 is 0 Å². The highest BCUT2D eigenvalue weighted by Crippen LogP contribution is 2.32. The van der Waals surface area contributed by atoms with E-state index in [1.165, 1.54) is 0 Å². The monoisotopic (exact) mass is 382 g/mol. The van der Waals surface area contributed by atoms with Crippen molar-refractivity contribution in [2.24, 2.45) is 0 Å². The second-order valence-electron chi connectivity index (χ2n) is 5.71. The predicted octanol–water partition coefficient (Wildman–Crippen LogP) is 4.07. The molecule has 0 saturated carbocycles. The molecule has 0 aliphatic carbocycles. The lowest BCUT2D eigenvalue weighted by Crippen LogP contribution is -2.32. The smallest absolute Gasteiger partial charge is 0.378 e. The van der Waals surface area contributed by atoms with Gasteiger partial charge < -0.3 is 9.55 Å². The fourth-order valence-corrected chi connectivity index (χ4v) is 3.33. The topological polar surface area (TPSA) is 53.3 Å². The summed E-state index contributed by atoms with van der Waals surface area (Å²) >= 11 is 3.52. The number of hydrogen-bond donors (Lipinski definition) is 0. The van der Waals surface area contributed by atoms with Crippen LogP contribution in [0.1, 0.15) is 22.3 Å². The summed E-state index contributed by atoms with van der Waals surface area (Å²) < 4.78 is 6.27. The molecule has 0 atom stereocenters. The lowest BCUT2D eigenvalue weighted by molar-refractivity contribution is 0.0473. The van der Waals surface area contributed by atoms with Crippen LogP contribution in [0.25, 0.3) is 0 Å². The first-order valence-electron chi connectivity index (χ1n) is 7.86. The van der Waals surface area contributed by atoms with E-state index in [4.69, 9.17) is 4.74 Å². The standard InChI is InChI=1S/C18H16BBrN2O2/c20-16-8-7-15(11-17(16)22-10-4-9-19(22)13-21)18(23)24-12-14-5-2-1-3-6-14/h1-3,5-8,11H,4,9-10,12H2. The molecule has 24 heavy (non-hydrogen) atoms. The van der Waals surface area contributed by atoms with Crippen molar-refractivity contribution in [3.63, 3.8) is 0 Å². The van der Waals surface area contributed by atoms with Gasteiger partial charge in [0.25, 0.3) is 0 Å².